The molecule has 0 unspecified atom stereocenters. The van der Waals surface area contributed by atoms with E-state index in [1.807, 2.05) is 6.07 Å². The number of nitrogens with one attached hydrogen (secondary N) is 1. The van der Waals surface area contributed by atoms with Gasteiger partial charge in [-0.15, -0.1) is 0 Å². The number of amides is 1. The van der Waals surface area contributed by atoms with Gasteiger partial charge in [-0.2, -0.15) is 0 Å². The van der Waals surface area contributed by atoms with Gasteiger partial charge in [-0.25, -0.2) is 14.2 Å². The molecule has 0 fully saturated rings. The summed E-state index contributed by atoms with van der Waals surface area (Å²) < 4.78 is 25.8. The van der Waals surface area contributed by atoms with Gasteiger partial charge in [0.05, 0.1) is 0 Å². The Kier molecular flexibility index (Phi) is 6.57. The highest BCUT2D eigenvalue weighted by atomic mass is 127. The van der Waals surface area contributed by atoms with Crippen LogP contribution in [0.2, 0.25) is 0 Å². The highest BCUT2D eigenvalue weighted by Gasteiger charge is 2.16. The standard InChI is InChI=1S/C18H20FIN2O3/c1-18(2,3)25-17(23)22-10-13-5-4-12(8-15(13)19)11-24-16-9-14(20)6-7-21-16/h4-9H,10-11H2,1-3H3,(H,22,23). The van der Waals surface area contributed by atoms with Crippen molar-refractivity contribution in [3.63, 3.8) is 0 Å². The van der Waals surface area contributed by atoms with Crippen LogP contribution >= 0.6 is 22.6 Å². The van der Waals surface area contributed by atoms with E-state index < -0.39 is 17.5 Å². The molecular formula is C18H20FIN2O3. The van der Waals surface area contributed by atoms with Gasteiger partial charge in [-0.3, -0.25) is 0 Å². The first-order valence-corrected chi connectivity index (χ1v) is 8.79. The summed E-state index contributed by atoms with van der Waals surface area (Å²) in [6, 6.07) is 8.42. The molecule has 0 radical (unpaired) electrons. The molecule has 1 aromatic carbocycles. The number of carbonyl (C=O) groups is 1. The number of nitrogens with zero attached hydrogens (tertiary/aromatic N) is 1. The minimum Gasteiger partial charge on any atom is -0.473 e. The third-order valence-corrected chi connectivity index (χ3v) is 3.69. The first-order valence-electron chi connectivity index (χ1n) is 7.71. The summed E-state index contributed by atoms with van der Waals surface area (Å²) in [6.45, 7) is 5.57. The molecule has 0 aliphatic heterocycles. The molecule has 0 aliphatic rings. The van der Waals surface area contributed by atoms with Crippen LogP contribution in [0.5, 0.6) is 5.88 Å². The van der Waals surface area contributed by atoms with Crippen molar-refractivity contribution in [3.05, 3.63) is 57.0 Å². The molecule has 0 bridgehead atoms. The average Bonchev–Trinajstić information content (AvgIpc) is 2.50. The molecular weight excluding hydrogens is 438 g/mol. The van der Waals surface area contributed by atoms with Crippen LogP contribution in [-0.4, -0.2) is 16.7 Å². The Morgan fingerprint density at radius 1 is 1.28 bits per heavy atom. The fraction of sp³-hybridized carbons (Fsp3) is 0.333. The van der Waals surface area contributed by atoms with Gasteiger partial charge < -0.3 is 14.8 Å². The Morgan fingerprint density at radius 2 is 2.04 bits per heavy atom. The Balaban J connectivity index is 1.90. The molecule has 5 nitrogen and oxygen atoms in total. The maximum absolute atomic E-state index is 14.2. The predicted molar refractivity (Wildman–Crippen MR) is 101 cm³/mol. The van der Waals surface area contributed by atoms with Crippen molar-refractivity contribution in [1.82, 2.24) is 10.3 Å². The Bertz CT molecular complexity index is 747. The summed E-state index contributed by atoms with van der Waals surface area (Å²) in [4.78, 5) is 15.7. The fourth-order valence-corrected chi connectivity index (χ4v) is 2.35. The average molecular weight is 458 g/mol. The van der Waals surface area contributed by atoms with Gasteiger partial charge in [0.15, 0.2) is 0 Å². The number of rotatable bonds is 5. The molecule has 1 aromatic heterocycles. The number of hydrogen-bond donors (Lipinski definition) is 1. The number of hydrogen-bond acceptors (Lipinski definition) is 4. The number of ether oxygens (including phenoxy) is 2. The van der Waals surface area contributed by atoms with Crippen LogP contribution in [0, 0.1) is 9.39 Å². The maximum Gasteiger partial charge on any atom is 0.407 e. The molecule has 1 heterocycles. The second kappa shape index (κ2) is 8.46. The molecule has 0 saturated carbocycles. The van der Waals surface area contributed by atoms with E-state index in [1.165, 1.54) is 6.07 Å². The van der Waals surface area contributed by atoms with E-state index in [-0.39, 0.29) is 13.2 Å². The lowest BCUT2D eigenvalue weighted by atomic mass is 10.1. The van der Waals surface area contributed by atoms with Gasteiger partial charge in [0.25, 0.3) is 0 Å². The lowest BCUT2D eigenvalue weighted by Crippen LogP contribution is -2.32. The van der Waals surface area contributed by atoms with Gasteiger partial charge in [0.2, 0.25) is 5.88 Å². The molecule has 7 heteroatoms. The largest absolute Gasteiger partial charge is 0.473 e. The summed E-state index contributed by atoms with van der Waals surface area (Å²) in [5.41, 5.74) is 0.466. The summed E-state index contributed by atoms with van der Waals surface area (Å²) in [5, 5.41) is 2.54. The van der Waals surface area contributed by atoms with Crippen molar-refractivity contribution in [1.29, 1.82) is 0 Å². The maximum atomic E-state index is 14.2. The van der Waals surface area contributed by atoms with E-state index in [1.54, 1.807) is 45.2 Å². The molecule has 0 saturated heterocycles. The monoisotopic (exact) mass is 458 g/mol. The summed E-state index contributed by atoms with van der Waals surface area (Å²) >= 11 is 2.17. The van der Waals surface area contributed by atoms with Crippen molar-refractivity contribution >= 4 is 28.7 Å². The summed E-state index contributed by atoms with van der Waals surface area (Å²) in [6.07, 6.45) is 1.08. The first-order chi connectivity index (χ1) is 11.7. The molecule has 0 aliphatic carbocycles. The van der Waals surface area contributed by atoms with Gasteiger partial charge in [-0.05, 0) is 61.1 Å². The van der Waals surface area contributed by atoms with Crippen LogP contribution in [0.15, 0.2) is 36.5 Å². The summed E-state index contributed by atoms with van der Waals surface area (Å²) in [5.74, 6) is 0.0794. The smallest absolute Gasteiger partial charge is 0.407 e. The van der Waals surface area contributed by atoms with Crippen LogP contribution in [0.1, 0.15) is 31.9 Å². The molecule has 0 atom stereocenters. The fourth-order valence-electron chi connectivity index (χ4n) is 1.93. The quantitative estimate of drug-likeness (QED) is 0.674. The van der Waals surface area contributed by atoms with Crippen molar-refractivity contribution in [2.75, 3.05) is 0 Å². The molecule has 0 spiro atoms. The van der Waals surface area contributed by atoms with E-state index in [9.17, 15) is 9.18 Å². The SMILES string of the molecule is CC(C)(C)OC(=O)NCc1ccc(COc2cc(I)ccn2)cc1F. The van der Waals surface area contributed by atoms with Crippen LogP contribution in [-0.2, 0) is 17.9 Å². The van der Waals surface area contributed by atoms with Gasteiger partial charge in [0.1, 0.15) is 18.0 Å². The lowest BCUT2D eigenvalue weighted by molar-refractivity contribution is 0.0523. The molecule has 2 rings (SSSR count). The van der Waals surface area contributed by atoms with Crippen LogP contribution < -0.4 is 10.1 Å². The van der Waals surface area contributed by atoms with Crippen LogP contribution in [0.4, 0.5) is 9.18 Å². The van der Waals surface area contributed by atoms with Gasteiger partial charge in [0, 0.05) is 27.9 Å². The number of aromatic nitrogens is 1. The molecule has 2 aromatic rings. The number of benzene rings is 1. The normalized spacial score (nSPS) is 11.1. The number of carbonyl (C=O) groups excluding carboxylic acids is 1. The molecule has 25 heavy (non-hydrogen) atoms. The second-order valence-corrected chi connectivity index (χ2v) is 7.63. The van der Waals surface area contributed by atoms with E-state index in [4.69, 9.17) is 9.47 Å². The predicted octanol–water partition coefficient (Wildman–Crippen LogP) is 4.43. The Hall–Kier alpha value is -1.90. The zero-order valence-electron chi connectivity index (χ0n) is 14.3. The van der Waals surface area contributed by atoms with Crippen molar-refractivity contribution in [3.8, 4) is 5.88 Å². The van der Waals surface area contributed by atoms with E-state index >= 15 is 0 Å². The van der Waals surface area contributed by atoms with Crippen molar-refractivity contribution in [2.45, 2.75) is 39.5 Å². The Labute approximate surface area is 160 Å². The van der Waals surface area contributed by atoms with Gasteiger partial charge >= 0.3 is 6.09 Å². The number of alkyl carbamates (subject to hydrolysis) is 1. The molecule has 1 N–H and O–H groups in total. The zero-order valence-corrected chi connectivity index (χ0v) is 16.5. The third-order valence-electron chi connectivity index (χ3n) is 3.02. The van der Waals surface area contributed by atoms with Gasteiger partial charge in [-0.1, -0.05) is 12.1 Å². The minimum atomic E-state index is -0.590. The second-order valence-electron chi connectivity index (χ2n) is 6.38. The van der Waals surface area contributed by atoms with E-state index in [2.05, 4.69) is 32.9 Å². The van der Waals surface area contributed by atoms with Crippen molar-refractivity contribution in [2.24, 2.45) is 0 Å². The molecule has 1 amide bonds. The third kappa shape index (κ3) is 6.85. The highest BCUT2D eigenvalue weighted by molar-refractivity contribution is 14.1. The Morgan fingerprint density at radius 3 is 2.68 bits per heavy atom. The van der Waals surface area contributed by atoms with E-state index in [0.717, 1.165) is 3.57 Å². The lowest BCUT2D eigenvalue weighted by Gasteiger charge is -2.19. The number of pyridine rings is 1. The zero-order chi connectivity index (χ0) is 18.4. The number of halogens is 2. The minimum absolute atomic E-state index is 0.0559. The first kappa shape index (κ1) is 19.4. The topological polar surface area (TPSA) is 60.5 Å². The highest BCUT2D eigenvalue weighted by Crippen LogP contribution is 2.15. The van der Waals surface area contributed by atoms with Crippen LogP contribution in [0.25, 0.3) is 0 Å². The van der Waals surface area contributed by atoms with Crippen LogP contribution in [0.3, 0.4) is 0 Å². The molecule has 134 valence electrons. The van der Waals surface area contributed by atoms with E-state index in [0.29, 0.717) is 17.0 Å². The summed E-state index contributed by atoms with van der Waals surface area (Å²) in [7, 11) is 0. The van der Waals surface area contributed by atoms with Crippen molar-refractivity contribution < 1.29 is 18.7 Å².